The molecule has 2 aromatic rings. The van der Waals surface area contributed by atoms with Gasteiger partial charge in [-0.05, 0) is 6.42 Å². The van der Waals surface area contributed by atoms with Crippen molar-refractivity contribution in [2.45, 2.75) is 31.9 Å². The van der Waals surface area contributed by atoms with Crippen molar-refractivity contribution in [3.05, 3.63) is 24.0 Å². The molecule has 3 heterocycles. The average molecular weight is 279 g/mol. The van der Waals surface area contributed by atoms with Gasteiger partial charge in [0.1, 0.15) is 17.8 Å². The van der Waals surface area contributed by atoms with E-state index in [0.29, 0.717) is 0 Å². The Bertz CT molecular complexity index is 552. The minimum absolute atomic E-state index is 0.0195. The summed E-state index contributed by atoms with van der Waals surface area (Å²) in [6.45, 7) is 2.80. The van der Waals surface area contributed by atoms with Crippen molar-refractivity contribution in [3.8, 4) is 0 Å². The first-order valence-corrected chi connectivity index (χ1v) is 7.23. The first-order valence-electron chi connectivity index (χ1n) is 6.46. The predicted octanol–water partition coefficient (Wildman–Crippen LogP) is 1.78. The summed E-state index contributed by atoms with van der Waals surface area (Å²) in [5.74, 6) is 1.84. The Morgan fingerprint density at radius 3 is 3.16 bits per heavy atom. The van der Waals surface area contributed by atoms with Gasteiger partial charge in [0.05, 0.1) is 6.04 Å². The number of nitrogens with one attached hydrogen (secondary N) is 1. The highest BCUT2D eigenvalue weighted by atomic mass is 32.1. The van der Waals surface area contributed by atoms with Gasteiger partial charge < -0.3 is 14.6 Å². The highest BCUT2D eigenvalue weighted by molar-refractivity contribution is 7.09. The van der Waals surface area contributed by atoms with Crippen LogP contribution in [0.15, 0.2) is 12.4 Å². The molecule has 1 aliphatic rings. The number of rotatable bonds is 4. The summed E-state index contributed by atoms with van der Waals surface area (Å²) in [5.41, 5.74) is 0. The highest BCUT2D eigenvalue weighted by Gasteiger charge is 2.33. The van der Waals surface area contributed by atoms with Crippen LogP contribution < -0.4 is 5.32 Å². The van der Waals surface area contributed by atoms with E-state index in [0.717, 1.165) is 36.2 Å². The molecule has 2 aromatic heterocycles. The molecular formula is C12H17N5OS. The smallest absolute Gasteiger partial charge is 0.202 e. The van der Waals surface area contributed by atoms with Crippen LogP contribution in [0, 0.1) is 0 Å². The molecule has 2 atom stereocenters. The predicted molar refractivity (Wildman–Crippen MR) is 73.2 cm³/mol. The third-order valence-corrected chi connectivity index (χ3v) is 3.98. The molecule has 0 bridgehead atoms. The summed E-state index contributed by atoms with van der Waals surface area (Å²) in [6.07, 6.45) is 5.54. The lowest BCUT2D eigenvalue weighted by atomic mass is 10.1. The number of imidazole rings is 1. The zero-order valence-electron chi connectivity index (χ0n) is 11.0. The molecule has 0 spiro atoms. The largest absolute Gasteiger partial charge is 0.368 e. The first kappa shape index (κ1) is 12.6. The molecule has 0 radical (unpaired) electrons. The summed E-state index contributed by atoms with van der Waals surface area (Å²) in [7, 11) is 1.99. The Morgan fingerprint density at radius 1 is 1.58 bits per heavy atom. The maximum atomic E-state index is 5.81. The van der Waals surface area contributed by atoms with Crippen LogP contribution in [-0.2, 0) is 18.2 Å². The van der Waals surface area contributed by atoms with Crippen LogP contribution in [0.2, 0.25) is 0 Å². The lowest BCUT2D eigenvalue weighted by molar-refractivity contribution is 0.0983. The van der Waals surface area contributed by atoms with Gasteiger partial charge >= 0.3 is 0 Å². The van der Waals surface area contributed by atoms with Gasteiger partial charge in [0.2, 0.25) is 5.13 Å². The third kappa shape index (κ3) is 2.48. The molecular weight excluding hydrogens is 262 g/mol. The second-order valence-corrected chi connectivity index (χ2v) is 5.35. The molecule has 102 valence electrons. The fraction of sp³-hybridized carbons (Fsp3) is 0.583. The van der Waals surface area contributed by atoms with Gasteiger partial charge in [0.15, 0.2) is 0 Å². The van der Waals surface area contributed by atoms with Gasteiger partial charge in [-0.3, -0.25) is 0 Å². The summed E-state index contributed by atoms with van der Waals surface area (Å²) in [4.78, 5) is 8.82. The van der Waals surface area contributed by atoms with Crippen LogP contribution >= 0.6 is 11.5 Å². The molecule has 3 rings (SSSR count). The Kier molecular flexibility index (Phi) is 3.48. The highest BCUT2D eigenvalue weighted by Crippen LogP contribution is 2.30. The number of aryl methyl sites for hydroxylation is 2. The van der Waals surface area contributed by atoms with Crippen LogP contribution in [0.1, 0.15) is 31.1 Å². The minimum atomic E-state index is -0.0195. The fourth-order valence-electron chi connectivity index (χ4n) is 2.26. The van der Waals surface area contributed by atoms with Crippen LogP contribution in [-0.4, -0.2) is 31.6 Å². The molecule has 1 aliphatic heterocycles. The van der Waals surface area contributed by atoms with Gasteiger partial charge in [0, 0.05) is 44.0 Å². The topological polar surface area (TPSA) is 64.9 Å². The van der Waals surface area contributed by atoms with Crippen molar-refractivity contribution in [1.82, 2.24) is 18.9 Å². The van der Waals surface area contributed by atoms with E-state index >= 15 is 0 Å². The number of anilines is 1. The molecule has 0 amide bonds. The Labute approximate surface area is 116 Å². The monoisotopic (exact) mass is 279 g/mol. The number of nitrogens with zero attached hydrogens (tertiary/aromatic N) is 4. The van der Waals surface area contributed by atoms with E-state index in [-0.39, 0.29) is 12.1 Å². The summed E-state index contributed by atoms with van der Waals surface area (Å²) in [6, 6.07) is 0.207. The molecule has 0 aliphatic carbocycles. The summed E-state index contributed by atoms with van der Waals surface area (Å²) in [5, 5.41) is 4.29. The van der Waals surface area contributed by atoms with Crippen LogP contribution in [0.25, 0.3) is 0 Å². The van der Waals surface area contributed by atoms with E-state index in [1.54, 1.807) is 6.20 Å². The molecule has 1 N–H and O–H groups in total. The van der Waals surface area contributed by atoms with Gasteiger partial charge in [-0.1, -0.05) is 6.92 Å². The van der Waals surface area contributed by atoms with Crippen LogP contribution in [0.4, 0.5) is 5.13 Å². The second-order valence-electron chi connectivity index (χ2n) is 4.60. The molecule has 0 saturated carbocycles. The molecule has 6 nitrogen and oxygen atoms in total. The van der Waals surface area contributed by atoms with Crippen molar-refractivity contribution in [2.24, 2.45) is 7.05 Å². The van der Waals surface area contributed by atoms with E-state index < -0.39 is 0 Å². The standard InChI is InChI=1S/C12H17N5OS/c1-3-9-15-12(19-16-9)14-8-4-7-18-10(8)11-13-5-6-17(11)2/h5-6,8,10H,3-4,7H2,1-2H3,(H,14,15,16)/t8-,10-/m0/s1. The number of ether oxygens (including phenoxy) is 1. The SMILES string of the molecule is CCc1nsc(N[C@H]2CCO[C@@H]2c2nccn2C)n1. The van der Waals surface area contributed by atoms with Crippen molar-refractivity contribution in [3.63, 3.8) is 0 Å². The Hall–Kier alpha value is -1.47. The zero-order chi connectivity index (χ0) is 13.2. The quantitative estimate of drug-likeness (QED) is 0.924. The van der Waals surface area contributed by atoms with Crippen LogP contribution in [0.5, 0.6) is 0 Å². The van der Waals surface area contributed by atoms with Gasteiger partial charge in [0.25, 0.3) is 0 Å². The lowest BCUT2D eigenvalue weighted by Crippen LogP contribution is -2.25. The number of aromatic nitrogens is 4. The fourth-order valence-corrected chi connectivity index (χ4v) is 2.97. The molecule has 0 aromatic carbocycles. The molecule has 19 heavy (non-hydrogen) atoms. The van der Waals surface area contributed by atoms with Crippen molar-refractivity contribution in [1.29, 1.82) is 0 Å². The van der Waals surface area contributed by atoms with Crippen molar-refractivity contribution >= 4 is 16.7 Å². The first-order chi connectivity index (χ1) is 9.28. The normalized spacial score (nSPS) is 22.8. The van der Waals surface area contributed by atoms with E-state index in [2.05, 4.69) is 26.6 Å². The molecule has 0 unspecified atom stereocenters. The molecule has 7 heteroatoms. The minimum Gasteiger partial charge on any atom is -0.368 e. The van der Waals surface area contributed by atoms with E-state index in [1.807, 2.05) is 17.8 Å². The van der Waals surface area contributed by atoms with Gasteiger partial charge in [-0.2, -0.15) is 4.37 Å². The molecule has 1 fully saturated rings. The number of hydrogen-bond donors (Lipinski definition) is 1. The second kappa shape index (κ2) is 5.26. The van der Waals surface area contributed by atoms with Gasteiger partial charge in [-0.25, -0.2) is 9.97 Å². The van der Waals surface area contributed by atoms with Gasteiger partial charge in [-0.15, -0.1) is 0 Å². The van der Waals surface area contributed by atoms with Crippen molar-refractivity contribution in [2.75, 3.05) is 11.9 Å². The Balaban J connectivity index is 1.75. The van der Waals surface area contributed by atoms with E-state index in [9.17, 15) is 0 Å². The maximum Gasteiger partial charge on any atom is 0.202 e. The zero-order valence-corrected chi connectivity index (χ0v) is 11.9. The van der Waals surface area contributed by atoms with Crippen LogP contribution in [0.3, 0.4) is 0 Å². The van der Waals surface area contributed by atoms with Crippen molar-refractivity contribution < 1.29 is 4.74 Å². The van der Waals surface area contributed by atoms with E-state index in [1.165, 1.54) is 11.5 Å². The van der Waals surface area contributed by atoms with E-state index in [4.69, 9.17) is 4.74 Å². The average Bonchev–Trinajstić information content (AvgIpc) is 3.10. The molecule has 1 saturated heterocycles. The maximum absolute atomic E-state index is 5.81. The number of hydrogen-bond acceptors (Lipinski definition) is 6. The third-order valence-electron chi connectivity index (χ3n) is 3.30. The Morgan fingerprint density at radius 2 is 2.47 bits per heavy atom. The lowest BCUT2D eigenvalue weighted by Gasteiger charge is -2.18. The summed E-state index contributed by atoms with van der Waals surface area (Å²) < 4.78 is 12.1. The summed E-state index contributed by atoms with van der Waals surface area (Å²) >= 11 is 1.41.